The van der Waals surface area contributed by atoms with Gasteiger partial charge in [-0.3, -0.25) is 0 Å². The Kier molecular flexibility index (Phi) is 3.92. The molecule has 1 aromatic carbocycles. The highest BCUT2D eigenvalue weighted by Gasteiger charge is 2.18. The lowest BCUT2D eigenvalue weighted by molar-refractivity contribution is 0.665. The highest BCUT2D eigenvalue weighted by Crippen LogP contribution is 2.31. The number of aryl methyl sites for hydroxylation is 1. The molecule has 3 N–H and O–H groups in total. The highest BCUT2D eigenvalue weighted by molar-refractivity contribution is 9.10. The number of nitrogens with two attached hydrogens (primary N) is 1. The first-order valence-electron chi connectivity index (χ1n) is 6.51. The third-order valence-electron chi connectivity index (χ3n) is 3.50. The number of nitrogen functional groups attached to an aromatic ring is 1. The lowest BCUT2D eigenvalue weighted by atomic mass is 9.96. The van der Waals surface area contributed by atoms with Crippen molar-refractivity contribution in [1.82, 2.24) is 9.97 Å². The van der Waals surface area contributed by atoms with Crippen LogP contribution in [-0.4, -0.2) is 9.97 Å². The van der Waals surface area contributed by atoms with Gasteiger partial charge in [-0.2, -0.15) is 0 Å². The predicted molar refractivity (Wildman–Crippen MR) is 84.6 cm³/mol. The van der Waals surface area contributed by atoms with Crippen LogP contribution in [0.1, 0.15) is 24.1 Å². The molecule has 0 saturated carbocycles. The number of hydrogen-bond donors (Lipinski definition) is 2. The average Bonchev–Trinajstić information content (AvgIpc) is 2.49. The molecular weight excluding hydrogens is 340 g/mol. The van der Waals surface area contributed by atoms with Crippen LogP contribution < -0.4 is 11.3 Å². The summed E-state index contributed by atoms with van der Waals surface area (Å²) in [6.07, 6.45) is 4.28. The summed E-state index contributed by atoms with van der Waals surface area (Å²) in [5, 5.41) is 0.645. The minimum atomic E-state index is 0.645. The highest BCUT2D eigenvalue weighted by atomic mass is 79.9. The molecule has 1 aliphatic carbocycles. The maximum atomic E-state index is 6.14. The Balaban J connectivity index is 2.11. The van der Waals surface area contributed by atoms with Gasteiger partial charge in [0.2, 0.25) is 0 Å². The van der Waals surface area contributed by atoms with E-state index in [0.29, 0.717) is 10.8 Å². The topological polar surface area (TPSA) is 63.8 Å². The van der Waals surface area contributed by atoms with E-state index in [4.69, 9.17) is 17.4 Å². The van der Waals surface area contributed by atoms with Crippen molar-refractivity contribution in [1.29, 1.82) is 0 Å². The average molecular weight is 354 g/mol. The van der Waals surface area contributed by atoms with Crippen LogP contribution >= 0.6 is 27.5 Å². The van der Waals surface area contributed by atoms with Gasteiger partial charge in [-0.15, -0.1) is 0 Å². The third kappa shape index (κ3) is 2.53. The van der Waals surface area contributed by atoms with Gasteiger partial charge in [0.25, 0.3) is 0 Å². The number of hydrogen-bond acceptors (Lipinski definition) is 4. The molecule has 20 heavy (non-hydrogen) atoms. The van der Waals surface area contributed by atoms with Gasteiger partial charge < -0.3 is 5.43 Å². The fourth-order valence-electron chi connectivity index (χ4n) is 2.48. The Morgan fingerprint density at radius 2 is 2.00 bits per heavy atom. The van der Waals surface area contributed by atoms with E-state index < -0.39 is 0 Å². The molecule has 0 aliphatic heterocycles. The summed E-state index contributed by atoms with van der Waals surface area (Å²) in [6.45, 7) is 0. The molecule has 0 saturated heterocycles. The number of benzene rings is 1. The van der Waals surface area contributed by atoms with Crippen molar-refractivity contribution < 1.29 is 0 Å². The fraction of sp³-hybridized carbons (Fsp3) is 0.286. The lowest BCUT2D eigenvalue weighted by Gasteiger charge is -2.18. The largest absolute Gasteiger partial charge is 0.308 e. The molecule has 0 fully saturated rings. The lowest BCUT2D eigenvalue weighted by Crippen LogP contribution is -2.17. The standard InChI is InChI=1S/C14H14BrClN4/c15-10-6-5-8(7-11(10)16)13-18-12-4-2-1-3-9(12)14(19-13)20-17/h5-7H,1-4,17H2,(H,18,19,20). The Labute approximate surface area is 130 Å². The minimum absolute atomic E-state index is 0.645. The Morgan fingerprint density at radius 3 is 2.75 bits per heavy atom. The molecule has 1 heterocycles. The van der Waals surface area contributed by atoms with Crippen LogP contribution in [-0.2, 0) is 12.8 Å². The summed E-state index contributed by atoms with van der Waals surface area (Å²) in [4.78, 5) is 9.21. The molecule has 2 aromatic rings. The van der Waals surface area contributed by atoms with Gasteiger partial charge >= 0.3 is 0 Å². The van der Waals surface area contributed by atoms with E-state index in [-0.39, 0.29) is 0 Å². The van der Waals surface area contributed by atoms with Gasteiger partial charge in [0.1, 0.15) is 5.82 Å². The van der Waals surface area contributed by atoms with Crippen molar-refractivity contribution in [3.63, 3.8) is 0 Å². The minimum Gasteiger partial charge on any atom is -0.308 e. The van der Waals surface area contributed by atoms with E-state index in [2.05, 4.69) is 31.3 Å². The molecule has 6 heteroatoms. The van der Waals surface area contributed by atoms with Crippen LogP contribution in [0.5, 0.6) is 0 Å². The first kappa shape index (κ1) is 13.8. The summed E-state index contributed by atoms with van der Waals surface area (Å²) in [5.74, 6) is 6.99. The number of rotatable bonds is 2. The van der Waals surface area contributed by atoms with E-state index >= 15 is 0 Å². The van der Waals surface area contributed by atoms with E-state index in [0.717, 1.165) is 52.8 Å². The first-order chi connectivity index (χ1) is 9.69. The molecule has 0 atom stereocenters. The monoisotopic (exact) mass is 352 g/mol. The summed E-state index contributed by atoms with van der Waals surface area (Å²) in [6, 6.07) is 5.70. The number of nitrogens with one attached hydrogen (secondary N) is 1. The van der Waals surface area contributed by atoms with Crippen LogP contribution in [0.4, 0.5) is 5.82 Å². The van der Waals surface area contributed by atoms with Crippen LogP contribution in [0.3, 0.4) is 0 Å². The van der Waals surface area contributed by atoms with Crippen molar-refractivity contribution in [3.8, 4) is 11.4 Å². The number of anilines is 1. The fourth-order valence-corrected chi connectivity index (χ4v) is 2.90. The van der Waals surface area contributed by atoms with Gasteiger partial charge in [-0.05, 0) is 59.8 Å². The molecule has 104 valence electrons. The SMILES string of the molecule is NNc1nc(-c2ccc(Br)c(Cl)c2)nc2c1CCCC2. The van der Waals surface area contributed by atoms with E-state index in [1.54, 1.807) is 0 Å². The summed E-state index contributed by atoms with van der Waals surface area (Å²) >= 11 is 9.52. The van der Waals surface area contributed by atoms with Crippen LogP contribution in [0.2, 0.25) is 5.02 Å². The van der Waals surface area contributed by atoms with Crippen molar-refractivity contribution in [2.24, 2.45) is 5.84 Å². The van der Waals surface area contributed by atoms with Gasteiger partial charge in [-0.1, -0.05) is 11.6 Å². The Bertz CT molecular complexity index is 643. The molecule has 1 aliphatic rings. The van der Waals surface area contributed by atoms with Crippen molar-refractivity contribution in [2.75, 3.05) is 5.43 Å². The van der Waals surface area contributed by atoms with Gasteiger partial charge in [0, 0.05) is 21.3 Å². The number of aromatic nitrogens is 2. The van der Waals surface area contributed by atoms with E-state index in [1.807, 2.05) is 18.2 Å². The normalized spacial score (nSPS) is 13.9. The third-order valence-corrected chi connectivity index (χ3v) is 4.73. The molecule has 0 bridgehead atoms. The van der Waals surface area contributed by atoms with Crippen molar-refractivity contribution in [3.05, 3.63) is 39.0 Å². The van der Waals surface area contributed by atoms with Crippen molar-refractivity contribution >= 4 is 33.3 Å². The Hall–Kier alpha value is -1.17. The molecule has 0 spiro atoms. The van der Waals surface area contributed by atoms with Gasteiger partial charge in [0.05, 0.1) is 5.02 Å². The second kappa shape index (κ2) is 5.68. The molecule has 1 aromatic heterocycles. The summed E-state index contributed by atoms with van der Waals surface area (Å²) < 4.78 is 0.859. The zero-order valence-corrected chi connectivity index (χ0v) is 13.1. The quantitative estimate of drug-likeness (QED) is 0.638. The maximum absolute atomic E-state index is 6.14. The molecule has 0 amide bonds. The molecule has 0 unspecified atom stereocenters. The smallest absolute Gasteiger partial charge is 0.161 e. The molecule has 3 rings (SSSR count). The summed E-state index contributed by atoms with van der Waals surface area (Å²) in [5.41, 5.74) is 5.82. The number of halogens is 2. The predicted octanol–water partition coefficient (Wildman–Crippen LogP) is 3.72. The first-order valence-corrected chi connectivity index (χ1v) is 7.68. The molecular formula is C14H14BrClN4. The zero-order chi connectivity index (χ0) is 14.1. The van der Waals surface area contributed by atoms with Gasteiger partial charge in [0.15, 0.2) is 5.82 Å². The second-order valence-corrected chi connectivity index (χ2v) is 6.06. The zero-order valence-electron chi connectivity index (χ0n) is 10.8. The number of fused-ring (bicyclic) bond motifs is 1. The van der Waals surface area contributed by atoms with Crippen LogP contribution in [0, 0.1) is 0 Å². The van der Waals surface area contributed by atoms with Gasteiger partial charge in [-0.25, -0.2) is 15.8 Å². The summed E-state index contributed by atoms with van der Waals surface area (Å²) in [7, 11) is 0. The van der Waals surface area contributed by atoms with Crippen molar-refractivity contribution in [2.45, 2.75) is 25.7 Å². The number of nitrogens with zero attached hydrogens (tertiary/aromatic N) is 2. The van der Waals surface area contributed by atoms with E-state index in [9.17, 15) is 0 Å². The second-order valence-electron chi connectivity index (χ2n) is 4.80. The van der Waals surface area contributed by atoms with Crippen LogP contribution in [0.15, 0.2) is 22.7 Å². The van der Waals surface area contributed by atoms with E-state index in [1.165, 1.54) is 0 Å². The number of hydrazine groups is 1. The molecule has 4 nitrogen and oxygen atoms in total. The van der Waals surface area contributed by atoms with Crippen LogP contribution in [0.25, 0.3) is 11.4 Å². The maximum Gasteiger partial charge on any atom is 0.161 e. The molecule has 0 radical (unpaired) electrons. The Morgan fingerprint density at radius 1 is 1.20 bits per heavy atom.